The minimum atomic E-state index is 0.0200. The maximum absolute atomic E-state index is 5.84. The zero-order chi connectivity index (χ0) is 11.8. The van der Waals surface area contributed by atoms with Gasteiger partial charge in [-0.25, -0.2) is 4.98 Å². The van der Waals surface area contributed by atoms with Crippen LogP contribution in [0.5, 0.6) is 0 Å². The molecule has 3 heteroatoms. The number of hydrogen-bond donors (Lipinski definition) is 1. The molecule has 0 spiro atoms. The Morgan fingerprint density at radius 1 is 1.41 bits per heavy atom. The number of benzene rings is 1. The summed E-state index contributed by atoms with van der Waals surface area (Å²) < 4.78 is 0. The highest BCUT2D eigenvalue weighted by Crippen LogP contribution is 2.41. The molecule has 1 aliphatic carbocycles. The first-order valence-corrected chi connectivity index (χ1v) is 6.93. The van der Waals surface area contributed by atoms with Gasteiger partial charge < -0.3 is 5.73 Å². The lowest BCUT2D eigenvalue weighted by atomic mass is 10.1. The Kier molecular flexibility index (Phi) is 2.73. The predicted octanol–water partition coefficient (Wildman–Crippen LogP) is 3.71. The molecule has 2 aromatic rings. The first kappa shape index (κ1) is 10.9. The fraction of sp³-hybridized carbons (Fsp3) is 0.357. The van der Waals surface area contributed by atoms with Crippen molar-refractivity contribution >= 4 is 11.3 Å². The first-order chi connectivity index (χ1) is 8.24. The summed E-state index contributed by atoms with van der Waals surface area (Å²) in [5, 5.41) is 3.14. The van der Waals surface area contributed by atoms with Crippen LogP contribution < -0.4 is 5.73 Å². The summed E-state index contributed by atoms with van der Waals surface area (Å²) in [6, 6.07) is 8.79. The average molecular weight is 244 g/mol. The van der Waals surface area contributed by atoms with Crippen LogP contribution in [-0.2, 0) is 0 Å². The molecular formula is C14H16N2S. The Labute approximate surface area is 106 Å². The number of aromatic nitrogens is 1. The van der Waals surface area contributed by atoms with Gasteiger partial charge in [-0.3, -0.25) is 0 Å². The smallest absolute Gasteiger partial charge is 0.123 e. The topological polar surface area (TPSA) is 38.9 Å². The van der Waals surface area contributed by atoms with Crippen LogP contribution in [0, 0.1) is 0 Å². The lowest BCUT2D eigenvalue weighted by molar-refractivity contribution is 0.790. The predicted molar refractivity (Wildman–Crippen MR) is 72.1 cm³/mol. The van der Waals surface area contributed by atoms with Crippen LogP contribution in [0.2, 0.25) is 0 Å². The van der Waals surface area contributed by atoms with E-state index in [0.717, 1.165) is 16.6 Å². The van der Waals surface area contributed by atoms with Crippen LogP contribution in [-0.4, -0.2) is 4.98 Å². The molecular weight excluding hydrogens is 228 g/mol. The largest absolute Gasteiger partial charge is 0.323 e. The normalized spacial score (nSPS) is 17.1. The summed E-state index contributed by atoms with van der Waals surface area (Å²) in [7, 11) is 0. The molecule has 1 atom stereocenters. The van der Waals surface area contributed by atoms with E-state index >= 15 is 0 Å². The maximum Gasteiger partial charge on any atom is 0.123 e. The van der Waals surface area contributed by atoms with E-state index in [9.17, 15) is 0 Å². The van der Waals surface area contributed by atoms with Gasteiger partial charge in [0, 0.05) is 17.0 Å². The summed E-state index contributed by atoms with van der Waals surface area (Å²) in [6.07, 6.45) is 2.68. The van der Waals surface area contributed by atoms with Crippen molar-refractivity contribution < 1.29 is 0 Å². The van der Waals surface area contributed by atoms with E-state index in [1.165, 1.54) is 24.0 Å². The second-order valence-corrected chi connectivity index (χ2v) is 5.62. The highest BCUT2D eigenvalue weighted by atomic mass is 32.1. The molecule has 1 aromatic heterocycles. The fourth-order valence-corrected chi connectivity index (χ4v) is 2.89. The van der Waals surface area contributed by atoms with Crippen LogP contribution in [0.3, 0.4) is 0 Å². The lowest BCUT2D eigenvalue weighted by Crippen LogP contribution is -2.04. The molecule has 1 aliphatic rings. The molecule has 1 fully saturated rings. The molecule has 0 bridgehead atoms. The van der Waals surface area contributed by atoms with Crippen LogP contribution in [0.4, 0.5) is 0 Å². The molecule has 2 nitrogen and oxygen atoms in total. The number of thiazole rings is 1. The molecule has 2 N–H and O–H groups in total. The van der Waals surface area contributed by atoms with Gasteiger partial charge in [-0.2, -0.15) is 0 Å². The quantitative estimate of drug-likeness (QED) is 0.894. The highest BCUT2D eigenvalue weighted by Gasteiger charge is 2.23. The molecule has 3 rings (SSSR count). The van der Waals surface area contributed by atoms with Crippen LogP contribution in [0.25, 0.3) is 10.6 Å². The second kappa shape index (κ2) is 4.24. The summed E-state index contributed by atoms with van der Waals surface area (Å²) in [5.74, 6) is 0.794. The molecule has 1 aromatic carbocycles. The standard InChI is InChI=1S/C14H16N2S/c1-9(15)13-8-17-14(16-13)12-4-2-3-11(7-12)10-5-6-10/h2-4,7-10H,5-6,15H2,1H3. The number of rotatable bonds is 3. The minimum Gasteiger partial charge on any atom is -0.323 e. The van der Waals surface area contributed by atoms with Crippen LogP contribution in [0.1, 0.15) is 43.0 Å². The number of nitrogens with two attached hydrogens (primary N) is 1. The van der Waals surface area contributed by atoms with Crippen molar-refractivity contribution in [3.05, 3.63) is 40.9 Å². The van der Waals surface area contributed by atoms with E-state index in [1.54, 1.807) is 11.3 Å². The molecule has 1 heterocycles. The van der Waals surface area contributed by atoms with Crippen LogP contribution in [0.15, 0.2) is 29.6 Å². The van der Waals surface area contributed by atoms with Gasteiger partial charge in [0.2, 0.25) is 0 Å². The zero-order valence-electron chi connectivity index (χ0n) is 9.89. The van der Waals surface area contributed by atoms with E-state index in [2.05, 4.69) is 34.6 Å². The van der Waals surface area contributed by atoms with E-state index in [-0.39, 0.29) is 6.04 Å². The second-order valence-electron chi connectivity index (χ2n) is 4.77. The summed E-state index contributed by atoms with van der Waals surface area (Å²) in [6.45, 7) is 1.97. The third-order valence-electron chi connectivity index (χ3n) is 3.17. The Morgan fingerprint density at radius 2 is 2.24 bits per heavy atom. The van der Waals surface area contributed by atoms with Crippen molar-refractivity contribution in [2.45, 2.75) is 31.7 Å². The lowest BCUT2D eigenvalue weighted by Gasteiger charge is -2.01. The van der Waals surface area contributed by atoms with Crippen molar-refractivity contribution in [2.75, 3.05) is 0 Å². The Hall–Kier alpha value is -1.19. The molecule has 1 saturated carbocycles. The van der Waals surface area contributed by atoms with Crippen molar-refractivity contribution in [1.82, 2.24) is 4.98 Å². The Balaban J connectivity index is 1.93. The molecule has 17 heavy (non-hydrogen) atoms. The van der Waals surface area contributed by atoms with Crippen molar-refractivity contribution in [1.29, 1.82) is 0 Å². The summed E-state index contributed by atoms with van der Waals surface area (Å²) in [4.78, 5) is 4.59. The molecule has 0 saturated heterocycles. The van der Waals surface area contributed by atoms with Gasteiger partial charge in [0.1, 0.15) is 5.01 Å². The van der Waals surface area contributed by atoms with E-state index in [0.29, 0.717) is 0 Å². The van der Waals surface area contributed by atoms with Crippen molar-refractivity contribution in [3.63, 3.8) is 0 Å². The first-order valence-electron chi connectivity index (χ1n) is 6.05. The maximum atomic E-state index is 5.84. The van der Waals surface area contributed by atoms with Gasteiger partial charge in [-0.05, 0) is 37.3 Å². The van der Waals surface area contributed by atoms with E-state index in [4.69, 9.17) is 5.73 Å². The monoisotopic (exact) mass is 244 g/mol. The van der Waals surface area contributed by atoms with Gasteiger partial charge in [0.15, 0.2) is 0 Å². The third-order valence-corrected chi connectivity index (χ3v) is 4.08. The fourth-order valence-electron chi connectivity index (χ4n) is 1.97. The molecule has 0 radical (unpaired) electrons. The van der Waals surface area contributed by atoms with E-state index in [1.807, 2.05) is 6.92 Å². The van der Waals surface area contributed by atoms with E-state index < -0.39 is 0 Å². The summed E-state index contributed by atoms with van der Waals surface area (Å²) in [5.41, 5.74) is 9.51. The van der Waals surface area contributed by atoms with Gasteiger partial charge in [-0.15, -0.1) is 11.3 Å². The number of nitrogens with zero attached hydrogens (tertiary/aromatic N) is 1. The average Bonchev–Trinajstić information content (AvgIpc) is 3.06. The third kappa shape index (κ3) is 2.26. The van der Waals surface area contributed by atoms with Crippen molar-refractivity contribution in [3.8, 4) is 10.6 Å². The Bertz CT molecular complexity index is 527. The number of hydrogen-bond acceptors (Lipinski definition) is 3. The van der Waals surface area contributed by atoms with Gasteiger partial charge in [0.25, 0.3) is 0 Å². The molecule has 0 aliphatic heterocycles. The molecule has 88 valence electrons. The molecule has 0 amide bonds. The summed E-state index contributed by atoms with van der Waals surface area (Å²) >= 11 is 1.68. The Morgan fingerprint density at radius 3 is 2.88 bits per heavy atom. The minimum absolute atomic E-state index is 0.0200. The zero-order valence-corrected chi connectivity index (χ0v) is 10.7. The SMILES string of the molecule is CC(N)c1csc(-c2cccc(C3CC3)c2)n1. The van der Waals surface area contributed by atoms with Gasteiger partial charge in [-0.1, -0.05) is 18.2 Å². The molecule has 1 unspecified atom stereocenters. The highest BCUT2D eigenvalue weighted by molar-refractivity contribution is 7.13. The van der Waals surface area contributed by atoms with Gasteiger partial charge in [0.05, 0.1) is 5.69 Å². The van der Waals surface area contributed by atoms with Crippen LogP contribution >= 0.6 is 11.3 Å². The van der Waals surface area contributed by atoms with Crippen molar-refractivity contribution in [2.24, 2.45) is 5.73 Å². The van der Waals surface area contributed by atoms with Gasteiger partial charge >= 0.3 is 0 Å².